The van der Waals surface area contributed by atoms with Gasteiger partial charge in [0.15, 0.2) is 0 Å². The molecule has 0 heterocycles. The summed E-state index contributed by atoms with van der Waals surface area (Å²) in [4.78, 5) is 0. The Balaban J connectivity index is 0.000001000. The van der Waals surface area contributed by atoms with Crippen molar-refractivity contribution in [1.29, 1.82) is 0 Å². The Bertz CT molecular complexity index is 108. The third kappa shape index (κ3) is 3.26. The van der Waals surface area contributed by atoms with E-state index in [1.165, 1.54) is 32.1 Å². The van der Waals surface area contributed by atoms with Crippen LogP contribution in [0.1, 0.15) is 32.1 Å². The molecule has 11 heavy (non-hydrogen) atoms. The predicted octanol–water partition coefficient (Wildman–Crippen LogP) is 2.50. The molecule has 1 fully saturated rings. The molecule has 1 aliphatic carbocycles. The highest BCUT2D eigenvalue weighted by molar-refractivity contribution is 5.85. The van der Waals surface area contributed by atoms with Crippen molar-refractivity contribution in [3.8, 4) is 0 Å². The first-order valence-corrected chi connectivity index (χ1v) is 4.22. The molecule has 0 aromatic rings. The van der Waals surface area contributed by atoms with Crippen LogP contribution < -0.4 is 5.73 Å². The zero-order valence-corrected chi connectivity index (χ0v) is 7.78. The van der Waals surface area contributed by atoms with E-state index in [9.17, 15) is 0 Å². The topological polar surface area (TPSA) is 26.0 Å². The number of hydrogen-bond acceptors (Lipinski definition) is 1. The van der Waals surface area contributed by atoms with Gasteiger partial charge < -0.3 is 5.73 Å². The Morgan fingerprint density at radius 1 is 1.27 bits per heavy atom. The zero-order chi connectivity index (χ0) is 7.40. The molecule has 0 aromatic carbocycles. The number of halogens is 1. The normalized spacial score (nSPS) is 21.9. The lowest BCUT2D eigenvalue weighted by Gasteiger charge is -2.24. The Hall–Kier alpha value is -0.0100. The van der Waals surface area contributed by atoms with E-state index in [1.807, 2.05) is 6.08 Å². The summed E-state index contributed by atoms with van der Waals surface area (Å²) < 4.78 is 0. The summed E-state index contributed by atoms with van der Waals surface area (Å²) in [5.41, 5.74) is 5.83. The zero-order valence-electron chi connectivity index (χ0n) is 6.96. The largest absolute Gasteiger partial charge is 0.324 e. The van der Waals surface area contributed by atoms with Gasteiger partial charge in [-0.15, -0.1) is 19.0 Å². The second-order valence-corrected chi connectivity index (χ2v) is 3.21. The van der Waals surface area contributed by atoms with Gasteiger partial charge in [0, 0.05) is 6.04 Å². The molecular weight excluding hydrogens is 158 g/mol. The van der Waals surface area contributed by atoms with Gasteiger partial charge in [0.2, 0.25) is 0 Å². The average Bonchev–Trinajstić information content (AvgIpc) is 2.05. The lowest BCUT2D eigenvalue weighted by atomic mass is 9.84. The maximum atomic E-state index is 5.83. The minimum absolute atomic E-state index is 0. The quantitative estimate of drug-likeness (QED) is 0.642. The summed E-state index contributed by atoms with van der Waals surface area (Å²) in [6, 6.07) is 0.250. The van der Waals surface area contributed by atoms with Crippen molar-refractivity contribution in [2.24, 2.45) is 11.7 Å². The van der Waals surface area contributed by atoms with Gasteiger partial charge in [0.1, 0.15) is 0 Å². The summed E-state index contributed by atoms with van der Waals surface area (Å²) in [5.74, 6) is 0.728. The first-order valence-electron chi connectivity index (χ1n) is 4.22. The van der Waals surface area contributed by atoms with Crippen LogP contribution in [0.15, 0.2) is 12.7 Å². The maximum Gasteiger partial charge on any atom is 0.0249 e. The molecular formula is C9H18ClN. The van der Waals surface area contributed by atoms with Crippen molar-refractivity contribution < 1.29 is 0 Å². The summed E-state index contributed by atoms with van der Waals surface area (Å²) in [6.45, 7) is 3.71. The fourth-order valence-electron chi connectivity index (χ4n) is 1.71. The van der Waals surface area contributed by atoms with Crippen LogP contribution >= 0.6 is 12.4 Å². The number of rotatable bonds is 2. The van der Waals surface area contributed by atoms with E-state index in [2.05, 4.69) is 6.58 Å². The van der Waals surface area contributed by atoms with Crippen LogP contribution in [0.25, 0.3) is 0 Å². The molecule has 0 saturated heterocycles. The van der Waals surface area contributed by atoms with E-state index in [-0.39, 0.29) is 18.4 Å². The van der Waals surface area contributed by atoms with Crippen LogP contribution in [-0.2, 0) is 0 Å². The molecule has 0 unspecified atom stereocenters. The fraction of sp³-hybridized carbons (Fsp3) is 0.778. The van der Waals surface area contributed by atoms with Crippen LogP contribution in [0.2, 0.25) is 0 Å². The Morgan fingerprint density at radius 2 is 1.82 bits per heavy atom. The second-order valence-electron chi connectivity index (χ2n) is 3.21. The molecule has 1 atom stereocenters. The van der Waals surface area contributed by atoms with E-state index in [0.717, 1.165) is 5.92 Å². The molecule has 2 N–H and O–H groups in total. The molecule has 0 aliphatic heterocycles. The third-order valence-corrected chi connectivity index (χ3v) is 2.47. The van der Waals surface area contributed by atoms with Gasteiger partial charge >= 0.3 is 0 Å². The maximum absolute atomic E-state index is 5.83. The molecule has 0 aromatic heterocycles. The molecule has 2 heteroatoms. The van der Waals surface area contributed by atoms with Crippen molar-refractivity contribution in [1.82, 2.24) is 0 Å². The summed E-state index contributed by atoms with van der Waals surface area (Å²) >= 11 is 0. The van der Waals surface area contributed by atoms with Gasteiger partial charge in [-0.25, -0.2) is 0 Å². The van der Waals surface area contributed by atoms with E-state index < -0.39 is 0 Å². The SMILES string of the molecule is C=C[C@H](N)C1CCCCC1.Cl. The van der Waals surface area contributed by atoms with Gasteiger partial charge in [-0.1, -0.05) is 25.3 Å². The van der Waals surface area contributed by atoms with Crippen LogP contribution in [0.4, 0.5) is 0 Å². The van der Waals surface area contributed by atoms with Crippen molar-refractivity contribution in [3.63, 3.8) is 0 Å². The van der Waals surface area contributed by atoms with E-state index in [1.54, 1.807) is 0 Å². The Morgan fingerprint density at radius 3 is 2.27 bits per heavy atom. The summed E-state index contributed by atoms with van der Waals surface area (Å²) in [5, 5.41) is 0. The van der Waals surface area contributed by atoms with Crippen LogP contribution in [-0.4, -0.2) is 6.04 Å². The van der Waals surface area contributed by atoms with Gasteiger partial charge in [-0.2, -0.15) is 0 Å². The molecule has 66 valence electrons. The van der Waals surface area contributed by atoms with Crippen molar-refractivity contribution >= 4 is 12.4 Å². The molecule has 0 spiro atoms. The second kappa shape index (κ2) is 5.62. The van der Waals surface area contributed by atoms with Crippen LogP contribution in [0.3, 0.4) is 0 Å². The molecule has 1 rings (SSSR count). The van der Waals surface area contributed by atoms with Crippen LogP contribution in [0, 0.1) is 5.92 Å². The standard InChI is InChI=1S/C9H17N.ClH/c1-2-9(10)8-6-4-3-5-7-8;/h2,8-9H,1,3-7,10H2;1H/t9-;/m0./s1. The fourth-order valence-corrected chi connectivity index (χ4v) is 1.71. The highest BCUT2D eigenvalue weighted by Crippen LogP contribution is 2.25. The molecule has 1 saturated carbocycles. The highest BCUT2D eigenvalue weighted by atomic mass is 35.5. The molecule has 1 nitrogen and oxygen atoms in total. The molecule has 0 bridgehead atoms. The monoisotopic (exact) mass is 175 g/mol. The Labute approximate surface area is 75.5 Å². The van der Waals surface area contributed by atoms with Gasteiger partial charge in [-0.3, -0.25) is 0 Å². The highest BCUT2D eigenvalue weighted by Gasteiger charge is 2.17. The van der Waals surface area contributed by atoms with E-state index >= 15 is 0 Å². The first-order chi connectivity index (χ1) is 4.84. The lowest BCUT2D eigenvalue weighted by molar-refractivity contribution is 0.332. The van der Waals surface area contributed by atoms with Gasteiger partial charge in [0.25, 0.3) is 0 Å². The minimum atomic E-state index is 0. The third-order valence-electron chi connectivity index (χ3n) is 2.47. The Kier molecular flexibility index (Phi) is 5.61. The molecule has 1 aliphatic rings. The van der Waals surface area contributed by atoms with Crippen LogP contribution in [0.5, 0.6) is 0 Å². The minimum Gasteiger partial charge on any atom is -0.324 e. The van der Waals surface area contributed by atoms with E-state index in [0.29, 0.717) is 0 Å². The van der Waals surface area contributed by atoms with Crippen molar-refractivity contribution in [2.75, 3.05) is 0 Å². The number of nitrogens with two attached hydrogens (primary N) is 1. The van der Waals surface area contributed by atoms with Gasteiger partial charge in [-0.05, 0) is 18.8 Å². The van der Waals surface area contributed by atoms with Crippen molar-refractivity contribution in [3.05, 3.63) is 12.7 Å². The average molecular weight is 176 g/mol. The van der Waals surface area contributed by atoms with Gasteiger partial charge in [0.05, 0.1) is 0 Å². The smallest absolute Gasteiger partial charge is 0.0249 e. The summed E-state index contributed by atoms with van der Waals surface area (Å²) in [7, 11) is 0. The predicted molar refractivity (Wildman–Crippen MR) is 52.0 cm³/mol. The number of hydrogen-bond donors (Lipinski definition) is 1. The van der Waals surface area contributed by atoms with Crippen molar-refractivity contribution in [2.45, 2.75) is 38.1 Å². The first kappa shape index (κ1) is 11.0. The lowest BCUT2D eigenvalue weighted by Crippen LogP contribution is -2.29. The molecule has 0 radical (unpaired) electrons. The molecule has 0 amide bonds. The van der Waals surface area contributed by atoms with E-state index in [4.69, 9.17) is 5.73 Å². The summed E-state index contributed by atoms with van der Waals surface area (Å²) in [6.07, 6.45) is 8.65.